The predicted molar refractivity (Wildman–Crippen MR) is 84.7 cm³/mol. The topological polar surface area (TPSA) is 69.6 Å². The van der Waals surface area contributed by atoms with E-state index in [-0.39, 0.29) is 5.95 Å². The van der Waals surface area contributed by atoms with E-state index in [4.69, 9.17) is 5.73 Å². The Hall–Kier alpha value is -2.43. The van der Waals surface area contributed by atoms with Crippen LogP contribution < -0.4 is 5.73 Å². The number of aromatic nitrogens is 4. The molecule has 5 heteroatoms. The number of nitrogens with two attached hydrogens (primary N) is 1. The summed E-state index contributed by atoms with van der Waals surface area (Å²) >= 11 is 0. The molecule has 5 nitrogen and oxygen atoms in total. The van der Waals surface area contributed by atoms with Crippen LogP contribution in [0.25, 0.3) is 22.3 Å². The molecule has 0 aliphatic heterocycles. The molecule has 0 fully saturated rings. The summed E-state index contributed by atoms with van der Waals surface area (Å²) in [6.07, 6.45) is 2.82. The number of benzene rings is 1. The lowest BCUT2D eigenvalue weighted by molar-refractivity contribution is 0.647. The Morgan fingerprint density at radius 3 is 2.57 bits per heavy atom. The van der Waals surface area contributed by atoms with Crippen molar-refractivity contribution >= 4 is 17.0 Å². The Labute approximate surface area is 123 Å². The second-order valence-corrected chi connectivity index (χ2v) is 5.73. The van der Waals surface area contributed by atoms with E-state index in [1.54, 1.807) is 10.9 Å². The van der Waals surface area contributed by atoms with E-state index in [1.165, 1.54) is 5.56 Å². The van der Waals surface area contributed by atoms with Crippen LogP contribution in [0.5, 0.6) is 0 Å². The molecule has 0 radical (unpaired) electrons. The summed E-state index contributed by atoms with van der Waals surface area (Å²) in [5.41, 5.74) is 9.70. The summed E-state index contributed by atoms with van der Waals surface area (Å²) < 4.78 is 1.74. The molecule has 2 N–H and O–H groups in total. The highest BCUT2D eigenvalue weighted by molar-refractivity contribution is 5.90. The van der Waals surface area contributed by atoms with Gasteiger partial charge in [0.2, 0.25) is 5.95 Å². The largest absolute Gasteiger partial charge is 0.368 e. The molecular formula is C16H19N5. The number of aryl methyl sites for hydroxylation is 1. The quantitative estimate of drug-likeness (QED) is 0.801. The molecule has 0 saturated heterocycles. The number of hydrogen-bond donors (Lipinski definition) is 1. The Bertz CT molecular complexity index is 771. The van der Waals surface area contributed by atoms with E-state index in [0.717, 1.165) is 28.7 Å². The molecule has 21 heavy (non-hydrogen) atoms. The zero-order chi connectivity index (χ0) is 15.0. The highest BCUT2D eigenvalue weighted by Gasteiger charge is 2.12. The van der Waals surface area contributed by atoms with E-state index >= 15 is 0 Å². The van der Waals surface area contributed by atoms with Gasteiger partial charge in [0.25, 0.3) is 0 Å². The second kappa shape index (κ2) is 5.16. The fourth-order valence-electron chi connectivity index (χ4n) is 2.53. The molecule has 0 amide bonds. The lowest BCUT2D eigenvalue weighted by Crippen LogP contribution is -1.97. The van der Waals surface area contributed by atoms with Gasteiger partial charge in [-0.1, -0.05) is 38.1 Å². The zero-order valence-electron chi connectivity index (χ0n) is 12.5. The van der Waals surface area contributed by atoms with Gasteiger partial charge >= 0.3 is 0 Å². The van der Waals surface area contributed by atoms with E-state index in [2.05, 4.69) is 53.2 Å². The first-order chi connectivity index (χ1) is 10.0. The van der Waals surface area contributed by atoms with Gasteiger partial charge in [-0.25, -0.2) is 9.67 Å². The van der Waals surface area contributed by atoms with Crippen LogP contribution in [0.15, 0.2) is 30.5 Å². The summed E-state index contributed by atoms with van der Waals surface area (Å²) in [4.78, 5) is 8.32. The summed E-state index contributed by atoms with van der Waals surface area (Å²) in [6, 6.07) is 8.54. The van der Waals surface area contributed by atoms with E-state index in [1.807, 2.05) is 7.05 Å². The molecule has 0 aliphatic carbocycles. The van der Waals surface area contributed by atoms with E-state index in [9.17, 15) is 0 Å². The number of rotatable bonds is 3. The third-order valence-electron chi connectivity index (χ3n) is 3.47. The first-order valence-corrected chi connectivity index (χ1v) is 7.09. The smallest absolute Gasteiger partial charge is 0.222 e. The molecule has 3 rings (SSSR count). The maximum Gasteiger partial charge on any atom is 0.222 e. The van der Waals surface area contributed by atoms with Crippen molar-refractivity contribution in [1.29, 1.82) is 0 Å². The molecule has 0 aliphatic rings. The van der Waals surface area contributed by atoms with Crippen LogP contribution in [0.3, 0.4) is 0 Å². The standard InChI is InChI=1S/C16H19N5/c1-10(2)8-11-4-6-12(7-5-11)14-13-9-18-16(17)19-15(13)21(3)20-14/h4-7,9-10H,8H2,1-3H3,(H2,17,18,19). The maximum absolute atomic E-state index is 5.64. The molecule has 0 atom stereocenters. The van der Waals surface area contributed by atoms with E-state index < -0.39 is 0 Å². The Kier molecular flexibility index (Phi) is 3.33. The first-order valence-electron chi connectivity index (χ1n) is 7.09. The maximum atomic E-state index is 5.64. The van der Waals surface area contributed by atoms with Gasteiger partial charge in [-0.2, -0.15) is 10.1 Å². The van der Waals surface area contributed by atoms with Crippen LogP contribution in [-0.2, 0) is 13.5 Å². The highest BCUT2D eigenvalue weighted by Crippen LogP contribution is 2.26. The summed E-state index contributed by atoms with van der Waals surface area (Å²) in [5.74, 6) is 0.923. The fraction of sp³-hybridized carbons (Fsp3) is 0.312. The van der Waals surface area contributed by atoms with Gasteiger partial charge in [0, 0.05) is 18.8 Å². The monoisotopic (exact) mass is 281 g/mol. The minimum Gasteiger partial charge on any atom is -0.368 e. The van der Waals surface area contributed by atoms with Crippen LogP contribution in [0.4, 0.5) is 5.95 Å². The Balaban J connectivity index is 2.04. The van der Waals surface area contributed by atoms with Gasteiger partial charge in [0.15, 0.2) is 5.65 Å². The minimum atomic E-state index is 0.268. The van der Waals surface area contributed by atoms with Crippen LogP contribution in [0, 0.1) is 5.92 Å². The van der Waals surface area contributed by atoms with Crippen molar-refractivity contribution in [2.75, 3.05) is 5.73 Å². The van der Waals surface area contributed by atoms with Crippen LogP contribution in [-0.4, -0.2) is 19.7 Å². The average Bonchev–Trinajstić information content (AvgIpc) is 2.76. The fourth-order valence-corrected chi connectivity index (χ4v) is 2.53. The van der Waals surface area contributed by atoms with Crippen molar-refractivity contribution in [3.63, 3.8) is 0 Å². The van der Waals surface area contributed by atoms with Crippen LogP contribution in [0.1, 0.15) is 19.4 Å². The molecule has 0 spiro atoms. The molecular weight excluding hydrogens is 262 g/mol. The van der Waals surface area contributed by atoms with Crippen molar-refractivity contribution in [3.05, 3.63) is 36.0 Å². The summed E-state index contributed by atoms with van der Waals surface area (Å²) in [5, 5.41) is 5.47. The third kappa shape index (κ3) is 2.59. The van der Waals surface area contributed by atoms with Gasteiger partial charge in [0.1, 0.15) is 5.69 Å². The molecule has 0 saturated carbocycles. The minimum absolute atomic E-state index is 0.268. The second-order valence-electron chi connectivity index (χ2n) is 5.73. The van der Waals surface area contributed by atoms with Gasteiger partial charge in [0.05, 0.1) is 5.39 Å². The van der Waals surface area contributed by atoms with Crippen LogP contribution >= 0.6 is 0 Å². The predicted octanol–water partition coefficient (Wildman–Crippen LogP) is 2.81. The molecule has 1 aromatic carbocycles. The zero-order valence-corrected chi connectivity index (χ0v) is 12.5. The van der Waals surface area contributed by atoms with Crippen molar-refractivity contribution in [3.8, 4) is 11.3 Å². The van der Waals surface area contributed by atoms with Gasteiger partial charge in [-0.15, -0.1) is 0 Å². The normalized spacial score (nSPS) is 11.4. The van der Waals surface area contributed by atoms with Gasteiger partial charge in [-0.05, 0) is 17.9 Å². The highest BCUT2D eigenvalue weighted by atomic mass is 15.3. The molecule has 3 aromatic rings. The lowest BCUT2D eigenvalue weighted by Gasteiger charge is -2.05. The molecule has 0 unspecified atom stereocenters. The van der Waals surface area contributed by atoms with Crippen molar-refractivity contribution < 1.29 is 0 Å². The first kappa shape index (κ1) is 13.5. The van der Waals surface area contributed by atoms with E-state index in [0.29, 0.717) is 5.92 Å². The third-order valence-corrected chi connectivity index (χ3v) is 3.47. The Morgan fingerprint density at radius 1 is 1.19 bits per heavy atom. The van der Waals surface area contributed by atoms with Gasteiger partial charge < -0.3 is 5.73 Å². The average molecular weight is 281 g/mol. The Morgan fingerprint density at radius 2 is 1.90 bits per heavy atom. The van der Waals surface area contributed by atoms with Crippen molar-refractivity contribution in [2.45, 2.75) is 20.3 Å². The lowest BCUT2D eigenvalue weighted by atomic mass is 10.0. The number of fused-ring (bicyclic) bond motifs is 1. The van der Waals surface area contributed by atoms with Crippen molar-refractivity contribution in [1.82, 2.24) is 19.7 Å². The number of hydrogen-bond acceptors (Lipinski definition) is 4. The molecule has 2 aromatic heterocycles. The molecule has 108 valence electrons. The number of nitrogens with zero attached hydrogens (tertiary/aromatic N) is 4. The van der Waals surface area contributed by atoms with Crippen LogP contribution in [0.2, 0.25) is 0 Å². The SMILES string of the molecule is CC(C)Cc1ccc(-c2nn(C)c3nc(N)ncc23)cc1. The molecule has 2 heterocycles. The number of anilines is 1. The van der Waals surface area contributed by atoms with Crippen molar-refractivity contribution in [2.24, 2.45) is 13.0 Å². The number of nitrogen functional groups attached to an aromatic ring is 1. The molecule has 0 bridgehead atoms. The summed E-state index contributed by atoms with van der Waals surface area (Å²) in [6.45, 7) is 4.45. The van der Waals surface area contributed by atoms with Gasteiger partial charge in [-0.3, -0.25) is 0 Å². The summed E-state index contributed by atoms with van der Waals surface area (Å²) in [7, 11) is 1.87.